The molecule has 0 fully saturated rings. The standard InChI is InChI=1S/C15H12F2O2/c1-8-6-10(16)7-9(2)13(8)11-4-3-5-12(17)14(11)15(18)19/h3-7H,1-2H3,(H,18,19). The molecule has 0 saturated carbocycles. The Morgan fingerprint density at radius 3 is 2.21 bits per heavy atom. The highest BCUT2D eigenvalue weighted by molar-refractivity contribution is 5.97. The van der Waals surface area contributed by atoms with Gasteiger partial charge in [0.05, 0.1) is 0 Å². The van der Waals surface area contributed by atoms with Gasteiger partial charge in [0.1, 0.15) is 17.2 Å². The van der Waals surface area contributed by atoms with Crippen molar-refractivity contribution in [3.63, 3.8) is 0 Å². The molecule has 19 heavy (non-hydrogen) atoms. The summed E-state index contributed by atoms with van der Waals surface area (Å²) in [6, 6.07) is 6.68. The molecule has 0 bridgehead atoms. The summed E-state index contributed by atoms with van der Waals surface area (Å²) in [6.07, 6.45) is 0. The van der Waals surface area contributed by atoms with E-state index in [1.54, 1.807) is 13.8 Å². The van der Waals surface area contributed by atoms with Gasteiger partial charge in [-0.2, -0.15) is 0 Å². The molecule has 0 aliphatic carbocycles. The maximum Gasteiger partial charge on any atom is 0.339 e. The quantitative estimate of drug-likeness (QED) is 0.889. The second-order valence-corrected chi connectivity index (χ2v) is 4.38. The molecule has 0 amide bonds. The van der Waals surface area contributed by atoms with Gasteiger partial charge in [-0.1, -0.05) is 12.1 Å². The highest BCUT2D eigenvalue weighted by Crippen LogP contribution is 2.32. The molecule has 98 valence electrons. The minimum absolute atomic E-state index is 0.266. The van der Waals surface area contributed by atoms with Crippen LogP contribution in [0.2, 0.25) is 0 Å². The largest absolute Gasteiger partial charge is 0.478 e. The highest BCUT2D eigenvalue weighted by Gasteiger charge is 2.19. The predicted molar refractivity (Wildman–Crippen MR) is 68.2 cm³/mol. The molecule has 2 nitrogen and oxygen atoms in total. The molecular formula is C15H12F2O2. The summed E-state index contributed by atoms with van der Waals surface area (Å²) in [4.78, 5) is 11.2. The second-order valence-electron chi connectivity index (χ2n) is 4.38. The molecule has 0 spiro atoms. The predicted octanol–water partition coefficient (Wildman–Crippen LogP) is 3.95. The zero-order chi connectivity index (χ0) is 14.2. The third-order valence-corrected chi connectivity index (χ3v) is 2.99. The van der Waals surface area contributed by atoms with E-state index in [0.717, 1.165) is 6.07 Å². The molecule has 0 aliphatic heterocycles. The zero-order valence-electron chi connectivity index (χ0n) is 10.5. The third kappa shape index (κ3) is 2.34. The number of halogens is 2. The van der Waals surface area contributed by atoms with E-state index in [-0.39, 0.29) is 11.1 Å². The number of benzene rings is 2. The van der Waals surface area contributed by atoms with E-state index in [1.165, 1.54) is 24.3 Å². The zero-order valence-corrected chi connectivity index (χ0v) is 10.5. The van der Waals surface area contributed by atoms with Gasteiger partial charge in [0.25, 0.3) is 0 Å². The van der Waals surface area contributed by atoms with Crippen LogP contribution in [0, 0.1) is 25.5 Å². The van der Waals surface area contributed by atoms with Gasteiger partial charge >= 0.3 is 5.97 Å². The van der Waals surface area contributed by atoms with Crippen molar-refractivity contribution in [3.05, 3.63) is 58.7 Å². The fourth-order valence-electron chi connectivity index (χ4n) is 2.29. The van der Waals surface area contributed by atoms with Crippen molar-refractivity contribution >= 4 is 5.97 Å². The van der Waals surface area contributed by atoms with Crippen molar-refractivity contribution in [2.45, 2.75) is 13.8 Å². The lowest BCUT2D eigenvalue weighted by atomic mass is 9.92. The number of hydrogen-bond donors (Lipinski definition) is 1. The van der Waals surface area contributed by atoms with Gasteiger partial charge in [-0.15, -0.1) is 0 Å². The Bertz CT molecular complexity index is 640. The maximum absolute atomic E-state index is 13.7. The monoisotopic (exact) mass is 262 g/mol. The molecular weight excluding hydrogens is 250 g/mol. The van der Waals surface area contributed by atoms with E-state index < -0.39 is 17.6 Å². The van der Waals surface area contributed by atoms with Crippen LogP contribution < -0.4 is 0 Å². The van der Waals surface area contributed by atoms with Crippen LogP contribution in [0.25, 0.3) is 11.1 Å². The fraction of sp³-hybridized carbons (Fsp3) is 0.133. The molecule has 0 unspecified atom stereocenters. The summed E-state index contributed by atoms with van der Waals surface area (Å²) in [5.74, 6) is -2.53. The first kappa shape index (κ1) is 13.2. The lowest BCUT2D eigenvalue weighted by molar-refractivity contribution is 0.0693. The summed E-state index contributed by atoms with van der Waals surface area (Å²) in [5.41, 5.74) is 1.58. The van der Waals surface area contributed by atoms with Crippen LogP contribution in [0.5, 0.6) is 0 Å². The van der Waals surface area contributed by atoms with Crippen LogP contribution in [-0.2, 0) is 0 Å². The van der Waals surface area contributed by atoms with Gasteiger partial charge in [-0.25, -0.2) is 13.6 Å². The first-order chi connectivity index (χ1) is 8.91. The Hall–Kier alpha value is -2.23. The minimum Gasteiger partial charge on any atom is -0.478 e. The molecule has 0 aliphatic rings. The fourth-order valence-corrected chi connectivity index (χ4v) is 2.29. The van der Waals surface area contributed by atoms with E-state index in [1.807, 2.05) is 0 Å². The van der Waals surface area contributed by atoms with Gasteiger partial charge in [0.15, 0.2) is 0 Å². The topological polar surface area (TPSA) is 37.3 Å². The highest BCUT2D eigenvalue weighted by atomic mass is 19.1. The van der Waals surface area contributed by atoms with Crippen LogP contribution in [0.1, 0.15) is 21.5 Å². The second kappa shape index (κ2) is 4.80. The number of carboxylic acids is 1. The van der Waals surface area contributed by atoms with Crippen LogP contribution in [0.3, 0.4) is 0 Å². The van der Waals surface area contributed by atoms with Gasteiger partial charge in [-0.05, 0) is 54.3 Å². The molecule has 0 saturated heterocycles. The molecule has 2 aromatic rings. The van der Waals surface area contributed by atoms with Crippen molar-refractivity contribution in [1.29, 1.82) is 0 Å². The van der Waals surface area contributed by atoms with E-state index in [0.29, 0.717) is 16.7 Å². The Balaban J connectivity index is 2.80. The van der Waals surface area contributed by atoms with E-state index >= 15 is 0 Å². The van der Waals surface area contributed by atoms with Crippen LogP contribution in [0.15, 0.2) is 30.3 Å². The van der Waals surface area contributed by atoms with Crippen LogP contribution >= 0.6 is 0 Å². The summed E-state index contributed by atoms with van der Waals surface area (Å²) >= 11 is 0. The lowest BCUT2D eigenvalue weighted by Crippen LogP contribution is -2.05. The number of rotatable bonds is 2. The van der Waals surface area contributed by atoms with Gasteiger partial charge in [0.2, 0.25) is 0 Å². The average Bonchev–Trinajstić information content (AvgIpc) is 2.26. The molecule has 0 radical (unpaired) electrons. The Labute approximate surface area is 109 Å². The lowest BCUT2D eigenvalue weighted by Gasteiger charge is -2.13. The maximum atomic E-state index is 13.7. The number of carbonyl (C=O) groups is 1. The van der Waals surface area contributed by atoms with Crippen LogP contribution in [0.4, 0.5) is 8.78 Å². The van der Waals surface area contributed by atoms with Gasteiger partial charge in [0, 0.05) is 0 Å². The van der Waals surface area contributed by atoms with Crippen LogP contribution in [-0.4, -0.2) is 11.1 Å². The van der Waals surface area contributed by atoms with Crippen molar-refractivity contribution in [3.8, 4) is 11.1 Å². The van der Waals surface area contributed by atoms with Crippen molar-refractivity contribution in [2.24, 2.45) is 0 Å². The normalized spacial score (nSPS) is 10.5. The SMILES string of the molecule is Cc1cc(F)cc(C)c1-c1cccc(F)c1C(=O)O. The molecule has 4 heteroatoms. The van der Waals surface area contributed by atoms with E-state index in [9.17, 15) is 13.6 Å². The first-order valence-corrected chi connectivity index (χ1v) is 5.70. The van der Waals surface area contributed by atoms with Gasteiger partial charge in [-0.3, -0.25) is 0 Å². The smallest absolute Gasteiger partial charge is 0.339 e. The van der Waals surface area contributed by atoms with E-state index in [2.05, 4.69) is 0 Å². The van der Waals surface area contributed by atoms with Crippen molar-refractivity contribution < 1.29 is 18.7 Å². The molecule has 2 aromatic carbocycles. The first-order valence-electron chi connectivity index (χ1n) is 5.70. The van der Waals surface area contributed by atoms with E-state index in [4.69, 9.17) is 5.11 Å². The summed E-state index contributed by atoms with van der Waals surface area (Å²) < 4.78 is 26.9. The Morgan fingerprint density at radius 1 is 1.11 bits per heavy atom. The molecule has 1 N–H and O–H groups in total. The summed E-state index contributed by atoms with van der Waals surface area (Å²) in [7, 11) is 0. The number of hydrogen-bond acceptors (Lipinski definition) is 1. The van der Waals surface area contributed by atoms with Gasteiger partial charge < -0.3 is 5.11 Å². The molecule has 0 aromatic heterocycles. The van der Waals surface area contributed by atoms with Crippen molar-refractivity contribution in [1.82, 2.24) is 0 Å². The Morgan fingerprint density at radius 2 is 1.68 bits per heavy atom. The molecule has 2 rings (SSSR count). The Kier molecular flexibility index (Phi) is 3.34. The van der Waals surface area contributed by atoms with Crippen molar-refractivity contribution in [2.75, 3.05) is 0 Å². The average molecular weight is 262 g/mol. The number of aromatic carboxylic acids is 1. The molecule has 0 heterocycles. The third-order valence-electron chi connectivity index (χ3n) is 2.99. The number of carboxylic acid groups (broad SMARTS) is 1. The number of aryl methyl sites for hydroxylation is 2. The summed E-state index contributed by atoms with van der Waals surface area (Å²) in [5, 5.41) is 9.13. The summed E-state index contributed by atoms with van der Waals surface area (Å²) in [6.45, 7) is 3.34. The minimum atomic E-state index is -1.34. The molecule has 0 atom stereocenters.